The molecule has 114 valence electrons. The summed E-state index contributed by atoms with van der Waals surface area (Å²) in [4.78, 5) is 23.8. The Kier molecular flexibility index (Phi) is 5.55. The van der Waals surface area contributed by atoms with Crippen LogP contribution in [0.1, 0.15) is 15.9 Å². The lowest BCUT2D eigenvalue weighted by Crippen LogP contribution is -2.42. The Bertz CT molecular complexity index is 671. The number of halogens is 1. The summed E-state index contributed by atoms with van der Waals surface area (Å²) >= 11 is 3.29. The van der Waals surface area contributed by atoms with E-state index < -0.39 is 0 Å². The lowest BCUT2D eigenvalue weighted by atomic mass is 10.1. The fourth-order valence-electron chi connectivity index (χ4n) is 1.81. The predicted octanol–water partition coefficient (Wildman–Crippen LogP) is 2.46. The molecule has 0 heterocycles. The molecule has 0 aliphatic carbocycles. The molecule has 2 aromatic carbocycles. The zero-order valence-corrected chi connectivity index (χ0v) is 13.5. The lowest BCUT2D eigenvalue weighted by molar-refractivity contribution is -0.121. The summed E-state index contributed by atoms with van der Waals surface area (Å²) in [5.74, 6) is 0.0486. The normalized spacial score (nSPS) is 9.91. The number of methoxy groups -OCH3 is 1. The standard InChI is InChI=1S/C16H15BrN2O3/c1-22-12-8-6-11(7-9-12)10-15(20)18-19-16(21)13-4-2-3-5-14(13)17/h2-9H,10H2,1H3,(H,18,20)(H,19,21). The van der Waals surface area contributed by atoms with Crippen molar-refractivity contribution in [2.75, 3.05) is 7.11 Å². The van der Waals surface area contributed by atoms with Gasteiger partial charge in [-0.3, -0.25) is 20.4 Å². The minimum Gasteiger partial charge on any atom is -0.497 e. The molecule has 0 aliphatic rings. The molecule has 0 saturated carbocycles. The molecular formula is C16H15BrN2O3. The fourth-order valence-corrected chi connectivity index (χ4v) is 2.28. The molecule has 0 radical (unpaired) electrons. The van der Waals surface area contributed by atoms with Gasteiger partial charge in [0.05, 0.1) is 19.1 Å². The number of hydrogen-bond donors (Lipinski definition) is 2. The van der Waals surface area contributed by atoms with Crippen LogP contribution in [0.5, 0.6) is 5.75 Å². The van der Waals surface area contributed by atoms with E-state index in [-0.39, 0.29) is 18.2 Å². The van der Waals surface area contributed by atoms with Crippen LogP contribution in [0, 0.1) is 0 Å². The zero-order chi connectivity index (χ0) is 15.9. The Morgan fingerprint density at radius 2 is 1.73 bits per heavy atom. The summed E-state index contributed by atoms with van der Waals surface area (Å²) in [5, 5.41) is 0. The van der Waals surface area contributed by atoms with Crippen LogP contribution in [-0.2, 0) is 11.2 Å². The van der Waals surface area contributed by atoms with E-state index in [2.05, 4.69) is 26.8 Å². The molecule has 0 aliphatic heterocycles. The third-order valence-corrected chi connectivity index (χ3v) is 3.65. The Hall–Kier alpha value is -2.34. The van der Waals surface area contributed by atoms with Crippen LogP contribution < -0.4 is 15.6 Å². The van der Waals surface area contributed by atoms with Crippen LogP contribution in [0.15, 0.2) is 53.0 Å². The number of hydrogen-bond acceptors (Lipinski definition) is 3. The zero-order valence-electron chi connectivity index (χ0n) is 11.9. The van der Waals surface area contributed by atoms with Crippen molar-refractivity contribution in [3.63, 3.8) is 0 Å². The number of ether oxygens (including phenoxy) is 1. The number of hydrazine groups is 1. The smallest absolute Gasteiger partial charge is 0.270 e. The van der Waals surface area contributed by atoms with E-state index in [9.17, 15) is 9.59 Å². The minimum atomic E-state index is -0.379. The first-order valence-corrected chi connectivity index (χ1v) is 7.36. The Morgan fingerprint density at radius 1 is 1.05 bits per heavy atom. The van der Waals surface area contributed by atoms with Gasteiger partial charge in [-0.05, 0) is 45.8 Å². The van der Waals surface area contributed by atoms with Gasteiger partial charge in [-0.25, -0.2) is 0 Å². The van der Waals surface area contributed by atoms with Crippen LogP contribution in [0.4, 0.5) is 0 Å². The first-order valence-electron chi connectivity index (χ1n) is 6.57. The predicted molar refractivity (Wildman–Crippen MR) is 86.4 cm³/mol. The second-order valence-electron chi connectivity index (χ2n) is 4.51. The molecule has 0 saturated heterocycles. The third kappa shape index (κ3) is 4.33. The number of carbonyl (C=O) groups excluding carboxylic acids is 2. The van der Waals surface area contributed by atoms with Crippen molar-refractivity contribution in [1.82, 2.24) is 10.9 Å². The highest BCUT2D eigenvalue weighted by Crippen LogP contribution is 2.15. The molecule has 2 N–H and O–H groups in total. The maximum absolute atomic E-state index is 11.9. The first kappa shape index (κ1) is 16.0. The number of amides is 2. The number of nitrogens with one attached hydrogen (secondary N) is 2. The molecule has 0 bridgehead atoms. The van der Waals surface area contributed by atoms with Crippen LogP contribution >= 0.6 is 15.9 Å². The van der Waals surface area contributed by atoms with Gasteiger partial charge in [-0.15, -0.1) is 0 Å². The second kappa shape index (κ2) is 7.61. The average Bonchev–Trinajstić information content (AvgIpc) is 2.54. The molecule has 0 unspecified atom stereocenters. The van der Waals surface area contributed by atoms with Crippen molar-refractivity contribution < 1.29 is 14.3 Å². The van der Waals surface area contributed by atoms with Gasteiger partial charge in [0.2, 0.25) is 5.91 Å². The molecule has 2 aromatic rings. The van der Waals surface area contributed by atoms with Gasteiger partial charge in [0, 0.05) is 4.47 Å². The highest BCUT2D eigenvalue weighted by Gasteiger charge is 2.10. The van der Waals surface area contributed by atoms with E-state index in [4.69, 9.17) is 4.74 Å². The van der Waals surface area contributed by atoms with Gasteiger partial charge in [-0.1, -0.05) is 24.3 Å². The molecule has 22 heavy (non-hydrogen) atoms. The van der Waals surface area contributed by atoms with Crippen molar-refractivity contribution in [2.24, 2.45) is 0 Å². The maximum atomic E-state index is 11.9. The summed E-state index contributed by atoms with van der Waals surface area (Å²) in [5.41, 5.74) is 6.06. The quantitative estimate of drug-likeness (QED) is 0.821. The SMILES string of the molecule is COc1ccc(CC(=O)NNC(=O)c2ccccc2Br)cc1. The summed E-state index contributed by atoms with van der Waals surface area (Å²) < 4.78 is 5.72. The molecule has 2 rings (SSSR count). The highest BCUT2D eigenvalue weighted by molar-refractivity contribution is 9.10. The molecular weight excluding hydrogens is 348 g/mol. The number of rotatable bonds is 4. The summed E-state index contributed by atoms with van der Waals surface area (Å²) in [6.45, 7) is 0. The van der Waals surface area contributed by atoms with Gasteiger partial charge < -0.3 is 4.74 Å². The van der Waals surface area contributed by atoms with Gasteiger partial charge in [-0.2, -0.15) is 0 Å². The molecule has 0 fully saturated rings. The van der Waals surface area contributed by atoms with E-state index in [1.165, 1.54) is 0 Å². The molecule has 0 spiro atoms. The van der Waals surface area contributed by atoms with Gasteiger partial charge in [0.15, 0.2) is 0 Å². The van der Waals surface area contributed by atoms with Crippen molar-refractivity contribution in [3.8, 4) is 5.75 Å². The third-order valence-electron chi connectivity index (χ3n) is 2.96. The minimum absolute atomic E-state index is 0.167. The fraction of sp³-hybridized carbons (Fsp3) is 0.125. The topological polar surface area (TPSA) is 67.4 Å². The van der Waals surface area contributed by atoms with E-state index in [1.54, 1.807) is 49.6 Å². The number of carbonyl (C=O) groups is 2. The second-order valence-corrected chi connectivity index (χ2v) is 5.36. The Labute approximate surface area is 136 Å². The van der Waals surface area contributed by atoms with Gasteiger partial charge >= 0.3 is 0 Å². The largest absolute Gasteiger partial charge is 0.497 e. The number of benzene rings is 2. The van der Waals surface area contributed by atoms with Crippen molar-refractivity contribution in [1.29, 1.82) is 0 Å². The first-order chi connectivity index (χ1) is 10.6. The van der Waals surface area contributed by atoms with Crippen LogP contribution in [0.2, 0.25) is 0 Å². The van der Waals surface area contributed by atoms with Crippen molar-refractivity contribution in [2.45, 2.75) is 6.42 Å². The lowest BCUT2D eigenvalue weighted by Gasteiger charge is -2.09. The Balaban J connectivity index is 1.87. The maximum Gasteiger partial charge on any atom is 0.270 e. The van der Waals surface area contributed by atoms with Crippen molar-refractivity contribution >= 4 is 27.7 Å². The van der Waals surface area contributed by atoms with E-state index in [0.29, 0.717) is 10.0 Å². The molecule has 0 aromatic heterocycles. The monoisotopic (exact) mass is 362 g/mol. The summed E-state index contributed by atoms with van der Waals surface area (Å²) in [6, 6.07) is 14.1. The molecule has 6 heteroatoms. The van der Waals surface area contributed by atoms with Gasteiger partial charge in [0.1, 0.15) is 5.75 Å². The average molecular weight is 363 g/mol. The molecule has 0 atom stereocenters. The van der Waals surface area contributed by atoms with E-state index >= 15 is 0 Å². The summed E-state index contributed by atoms with van der Waals surface area (Å²) in [6.07, 6.45) is 0.167. The summed E-state index contributed by atoms with van der Waals surface area (Å²) in [7, 11) is 1.58. The Morgan fingerprint density at radius 3 is 2.36 bits per heavy atom. The van der Waals surface area contributed by atoms with E-state index in [0.717, 1.165) is 11.3 Å². The van der Waals surface area contributed by atoms with Crippen molar-refractivity contribution in [3.05, 3.63) is 64.1 Å². The van der Waals surface area contributed by atoms with E-state index in [1.807, 2.05) is 6.07 Å². The molecule has 5 nitrogen and oxygen atoms in total. The highest BCUT2D eigenvalue weighted by atomic mass is 79.9. The van der Waals surface area contributed by atoms with Gasteiger partial charge in [0.25, 0.3) is 5.91 Å². The van der Waals surface area contributed by atoms with Crippen LogP contribution in [0.3, 0.4) is 0 Å². The van der Waals surface area contributed by atoms with Crippen LogP contribution in [0.25, 0.3) is 0 Å². The van der Waals surface area contributed by atoms with Crippen LogP contribution in [-0.4, -0.2) is 18.9 Å². The molecule has 2 amide bonds.